The van der Waals surface area contributed by atoms with Crippen molar-refractivity contribution >= 4 is 17.7 Å². The minimum absolute atomic E-state index is 0.00478. The van der Waals surface area contributed by atoms with E-state index < -0.39 is 0 Å². The molecule has 164 valence electrons. The van der Waals surface area contributed by atoms with Gasteiger partial charge in [-0.15, -0.1) is 10.2 Å². The maximum Gasteiger partial charge on any atom is 0.230 e. The van der Waals surface area contributed by atoms with Crippen LogP contribution < -0.4 is 5.32 Å². The summed E-state index contributed by atoms with van der Waals surface area (Å²) in [7, 11) is 3.92. The number of hydrogen-bond donors (Lipinski definition) is 1. The highest BCUT2D eigenvalue weighted by atomic mass is 32.2. The second-order valence-electron chi connectivity index (χ2n) is 7.61. The summed E-state index contributed by atoms with van der Waals surface area (Å²) < 4.78 is 15.3. The summed E-state index contributed by atoms with van der Waals surface area (Å²) in [6, 6.07) is 14.4. The highest BCUT2D eigenvalue weighted by Gasteiger charge is 2.21. The number of halogens is 1. The Bertz CT molecular complexity index is 1020. The maximum absolute atomic E-state index is 13.4. The van der Waals surface area contributed by atoms with Crippen LogP contribution in [0, 0.1) is 12.7 Å². The SMILES string of the molecule is Cc1ccccc1CCNC(=O)CSc1nnc(C(C)N(C)C)n1-c1ccc(F)cc1. The van der Waals surface area contributed by atoms with E-state index in [1.54, 1.807) is 12.1 Å². The number of nitrogens with one attached hydrogen (secondary N) is 1. The van der Waals surface area contributed by atoms with Gasteiger partial charge in [0.05, 0.1) is 11.8 Å². The minimum Gasteiger partial charge on any atom is -0.355 e. The lowest BCUT2D eigenvalue weighted by molar-refractivity contribution is -0.118. The van der Waals surface area contributed by atoms with E-state index in [0.29, 0.717) is 11.7 Å². The molecule has 0 saturated heterocycles. The van der Waals surface area contributed by atoms with Gasteiger partial charge in [0.25, 0.3) is 0 Å². The second-order valence-corrected chi connectivity index (χ2v) is 8.55. The fraction of sp³-hybridized carbons (Fsp3) is 0.348. The summed E-state index contributed by atoms with van der Waals surface area (Å²) in [5.41, 5.74) is 3.22. The molecule has 31 heavy (non-hydrogen) atoms. The Kier molecular flexibility index (Phi) is 7.81. The van der Waals surface area contributed by atoms with Crippen molar-refractivity contribution in [3.8, 4) is 5.69 Å². The van der Waals surface area contributed by atoms with Crippen molar-refractivity contribution in [3.63, 3.8) is 0 Å². The number of carbonyl (C=O) groups is 1. The van der Waals surface area contributed by atoms with Gasteiger partial charge < -0.3 is 5.32 Å². The van der Waals surface area contributed by atoms with Crippen molar-refractivity contribution < 1.29 is 9.18 Å². The number of carbonyl (C=O) groups excluding carboxylic acids is 1. The van der Waals surface area contributed by atoms with Gasteiger partial charge in [-0.25, -0.2) is 4.39 Å². The molecule has 3 aromatic rings. The Hall–Kier alpha value is -2.71. The molecule has 1 aromatic heterocycles. The first-order chi connectivity index (χ1) is 14.9. The zero-order valence-corrected chi connectivity index (χ0v) is 19.1. The first-order valence-corrected chi connectivity index (χ1v) is 11.2. The molecule has 0 bridgehead atoms. The van der Waals surface area contributed by atoms with Crippen molar-refractivity contribution in [1.82, 2.24) is 25.0 Å². The van der Waals surface area contributed by atoms with Gasteiger partial charge >= 0.3 is 0 Å². The van der Waals surface area contributed by atoms with Crippen LogP contribution in [0.2, 0.25) is 0 Å². The summed E-state index contributed by atoms with van der Waals surface area (Å²) >= 11 is 1.32. The predicted octanol–water partition coefficient (Wildman–Crippen LogP) is 3.79. The Morgan fingerprint density at radius 2 is 1.87 bits per heavy atom. The topological polar surface area (TPSA) is 63.1 Å². The van der Waals surface area contributed by atoms with Crippen molar-refractivity contribution in [1.29, 1.82) is 0 Å². The maximum atomic E-state index is 13.4. The number of thioether (sulfide) groups is 1. The molecule has 0 aliphatic heterocycles. The van der Waals surface area contributed by atoms with E-state index in [1.807, 2.05) is 42.6 Å². The molecule has 0 aliphatic rings. The van der Waals surface area contributed by atoms with Crippen LogP contribution in [0.25, 0.3) is 5.69 Å². The van der Waals surface area contributed by atoms with Crippen molar-refractivity contribution in [2.45, 2.75) is 31.5 Å². The molecular weight excluding hydrogens is 413 g/mol. The first-order valence-electron chi connectivity index (χ1n) is 10.2. The van der Waals surface area contributed by atoms with Crippen LogP contribution in [0.5, 0.6) is 0 Å². The number of aryl methyl sites for hydroxylation is 1. The van der Waals surface area contributed by atoms with Gasteiger partial charge in [0.2, 0.25) is 5.91 Å². The van der Waals surface area contributed by atoms with E-state index in [-0.39, 0.29) is 23.5 Å². The minimum atomic E-state index is -0.304. The summed E-state index contributed by atoms with van der Waals surface area (Å²) in [5, 5.41) is 12.2. The molecule has 1 N–H and O–H groups in total. The highest BCUT2D eigenvalue weighted by Crippen LogP contribution is 2.26. The third kappa shape index (κ3) is 5.92. The average molecular weight is 442 g/mol. The van der Waals surface area contributed by atoms with E-state index in [4.69, 9.17) is 0 Å². The van der Waals surface area contributed by atoms with E-state index in [2.05, 4.69) is 34.6 Å². The molecule has 2 aromatic carbocycles. The molecule has 8 heteroatoms. The molecule has 0 fully saturated rings. The van der Waals surface area contributed by atoms with Crippen LogP contribution in [0.15, 0.2) is 53.7 Å². The predicted molar refractivity (Wildman–Crippen MR) is 122 cm³/mol. The molecule has 0 radical (unpaired) electrons. The summed E-state index contributed by atoms with van der Waals surface area (Å²) in [6.07, 6.45) is 0.791. The smallest absolute Gasteiger partial charge is 0.230 e. The number of aromatic nitrogens is 3. The number of benzene rings is 2. The highest BCUT2D eigenvalue weighted by molar-refractivity contribution is 7.99. The van der Waals surface area contributed by atoms with Crippen LogP contribution in [-0.2, 0) is 11.2 Å². The lowest BCUT2D eigenvalue weighted by atomic mass is 10.1. The molecule has 1 unspecified atom stereocenters. The van der Waals surface area contributed by atoms with E-state index in [0.717, 1.165) is 17.9 Å². The third-order valence-corrected chi connectivity index (χ3v) is 6.13. The first kappa shape index (κ1) is 23.0. The standard InChI is InChI=1S/C23H28FN5OS/c1-16-7-5-6-8-18(16)13-14-25-21(30)15-31-23-27-26-22(17(2)28(3)4)29(23)20-11-9-19(24)10-12-20/h5-12,17H,13-15H2,1-4H3,(H,25,30). The Morgan fingerprint density at radius 3 is 2.55 bits per heavy atom. The van der Waals surface area contributed by atoms with Crippen molar-refractivity contribution in [3.05, 3.63) is 71.3 Å². The van der Waals surface area contributed by atoms with Crippen molar-refractivity contribution in [2.75, 3.05) is 26.4 Å². The Morgan fingerprint density at radius 1 is 1.16 bits per heavy atom. The van der Waals surface area contributed by atoms with Gasteiger partial charge in [0, 0.05) is 12.2 Å². The molecule has 1 heterocycles. The van der Waals surface area contributed by atoms with Gasteiger partial charge in [0.15, 0.2) is 11.0 Å². The van der Waals surface area contributed by atoms with Crippen LogP contribution in [0.4, 0.5) is 4.39 Å². The van der Waals surface area contributed by atoms with E-state index >= 15 is 0 Å². The lowest BCUT2D eigenvalue weighted by Gasteiger charge is -2.20. The normalized spacial score (nSPS) is 12.2. The van der Waals surface area contributed by atoms with Gasteiger partial charge in [-0.3, -0.25) is 14.3 Å². The van der Waals surface area contributed by atoms with Crippen LogP contribution in [-0.4, -0.2) is 52.0 Å². The summed E-state index contributed by atoms with van der Waals surface area (Å²) in [4.78, 5) is 14.4. The van der Waals surface area contributed by atoms with Crippen LogP contribution in [0.1, 0.15) is 29.9 Å². The van der Waals surface area contributed by atoms with Gasteiger partial charge in [-0.05, 0) is 69.8 Å². The molecule has 1 amide bonds. The fourth-order valence-corrected chi connectivity index (χ4v) is 3.91. The fourth-order valence-electron chi connectivity index (χ4n) is 3.12. The van der Waals surface area contributed by atoms with E-state index in [9.17, 15) is 9.18 Å². The van der Waals surface area contributed by atoms with Gasteiger partial charge in [-0.2, -0.15) is 0 Å². The Balaban J connectivity index is 1.67. The summed E-state index contributed by atoms with van der Waals surface area (Å²) in [5.74, 6) is 0.596. The molecule has 0 saturated carbocycles. The van der Waals surface area contributed by atoms with Crippen molar-refractivity contribution in [2.24, 2.45) is 0 Å². The van der Waals surface area contributed by atoms with Gasteiger partial charge in [-0.1, -0.05) is 36.0 Å². The molecule has 3 rings (SSSR count). The van der Waals surface area contributed by atoms with Gasteiger partial charge in [0.1, 0.15) is 5.82 Å². The molecule has 0 spiro atoms. The number of hydrogen-bond acceptors (Lipinski definition) is 5. The molecule has 1 atom stereocenters. The van der Waals surface area contributed by atoms with Crippen LogP contribution >= 0.6 is 11.8 Å². The molecule has 0 aliphatic carbocycles. The third-order valence-electron chi connectivity index (χ3n) is 5.20. The largest absolute Gasteiger partial charge is 0.355 e. The molecular formula is C23H28FN5OS. The second kappa shape index (κ2) is 10.5. The quantitative estimate of drug-likeness (QED) is 0.512. The monoisotopic (exact) mass is 441 g/mol. The van der Waals surface area contributed by atoms with E-state index in [1.165, 1.54) is 35.0 Å². The zero-order valence-electron chi connectivity index (χ0n) is 18.3. The zero-order chi connectivity index (χ0) is 22.4. The average Bonchev–Trinajstić information content (AvgIpc) is 3.17. The molecule has 6 nitrogen and oxygen atoms in total. The number of amides is 1. The lowest BCUT2D eigenvalue weighted by Crippen LogP contribution is -2.27. The number of nitrogens with zero attached hydrogens (tertiary/aromatic N) is 4. The number of rotatable bonds is 9. The Labute approximate surface area is 186 Å². The summed E-state index contributed by atoms with van der Waals surface area (Å²) in [6.45, 7) is 4.68. The van der Waals surface area contributed by atoms with Crippen LogP contribution in [0.3, 0.4) is 0 Å².